The third-order valence-corrected chi connectivity index (χ3v) is 5.87. The van der Waals surface area contributed by atoms with Gasteiger partial charge in [-0.25, -0.2) is 0 Å². The number of aryl methyl sites for hydroxylation is 1. The quantitative estimate of drug-likeness (QED) is 0.318. The summed E-state index contributed by atoms with van der Waals surface area (Å²) >= 11 is 0. The summed E-state index contributed by atoms with van der Waals surface area (Å²) in [6.45, 7) is 6.77. The first kappa shape index (κ1) is 26.1. The van der Waals surface area contributed by atoms with Crippen molar-refractivity contribution in [1.82, 2.24) is 9.80 Å². The number of benzene rings is 2. The van der Waals surface area contributed by atoms with Crippen LogP contribution in [0.3, 0.4) is 0 Å². The predicted octanol–water partition coefficient (Wildman–Crippen LogP) is 3.87. The van der Waals surface area contributed by atoms with Gasteiger partial charge in [0.05, 0.1) is 24.8 Å². The zero-order valence-electron chi connectivity index (χ0n) is 21.2. The number of hydrogen-bond donors (Lipinski definition) is 2. The molecule has 1 amide bonds. The van der Waals surface area contributed by atoms with Gasteiger partial charge in [-0.05, 0) is 89.3 Å². The number of phenols is 1. The van der Waals surface area contributed by atoms with Crippen LogP contribution in [0.25, 0.3) is 5.76 Å². The molecule has 3 rings (SSSR count). The molecule has 188 valence electrons. The highest BCUT2D eigenvalue weighted by atomic mass is 16.5. The van der Waals surface area contributed by atoms with Gasteiger partial charge >= 0.3 is 0 Å². The van der Waals surface area contributed by atoms with Crippen molar-refractivity contribution in [2.24, 2.45) is 0 Å². The van der Waals surface area contributed by atoms with E-state index in [4.69, 9.17) is 9.47 Å². The number of ether oxygens (including phenoxy) is 2. The summed E-state index contributed by atoms with van der Waals surface area (Å²) in [5.74, 6) is -0.830. The second-order valence-corrected chi connectivity index (χ2v) is 9.23. The van der Waals surface area contributed by atoms with E-state index in [2.05, 4.69) is 0 Å². The van der Waals surface area contributed by atoms with Crippen molar-refractivity contribution in [3.8, 4) is 17.2 Å². The Hall–Kier alpha value is -3.52. The standard InChI is InChI=1S/C27H34N2O6/c1-16(2)35-21-11-9-19(14-17(21)3)25(31)23-24(18-8-10-20(30)22(15-18)34-6)29(27(33)26(23)32)13-7-12-28(4)5/h8-11,14-16,24,30-31H,7,12-13H2,1-6H3/b25-23+. The molecule has 2 N–H and O–H groups in total. The molecule has 1 fully saturated rings. The normalized spacial score (nSPS) is 17.5. The molecule has 2 aromatic rings. The lowest BCUT2D eigenvalue weighted by Crippen LogP contribution is -2.32. The Morgan fingerprint density at radius 1 is 1.11 bits per heavy atom. The summed E-state index contributed by atoms with van der Waals surface area (Å²) < 4.78 is 11.0. The molecular formula is C27H34N2O6. The predicted molar refractivity (Wildman–Crippen MR) is 134 cm³/mol. The molecule has 0 radical (unpaired) electrons. The van der Waals surface area contributed by atoms with E-state index in [0.29, 0.717) is 29.8 Å². The highest BCUT2D eigenvalue weighted by Gasteiger charge is 2.46. The van der Waals surface area contributed by atoms with Crippen LogP contribution in [0.15, 0.2) is 42.0 Å². The third-order valence-electron chi connectivity index (χ3n) is 5.87. The molecule has 1 aliphatic rings. The van der Waals surface area contributed by atoms with E-state index in [9.17, 15) is 19.8 Å². The number of aliphatic hydroxyl groups is 1. The Morgan fingerprint density at radius 2 is 1.83 bits per heavy atom. The van der Waals surface area contributed by atoms with Crippen molar-refractivity contribution < 1.29 is 29.3 Å². The molecule has 0 saturated carbocycles. The molecule has 0 aromatic heterocycles. The maximum atomic E-state index is 13.2. The first-order chi connectivity index (χ1) is 16.5. The van der Waals surface area contributed by atoms with Gasteiger partial charge in [0.15, 0.2) is 11.5 Å². The van der Waals surface area contributed by atoms with Crippen LogP contribution < -0.4 is 9.47 Å². The Labute approximate surface area is 206 Å². The molecule has 1 aliphatic heterocycles. The van der Waals surface area contributed by atoms with Gasteiger partial charge < -0.3 is 29.5 Å². The Kier molecular flexibility index (Phi) is 8.07. The first-order valence-electron chi connectivity index (χ1n) is 11.6. The van der Waals surface area contributed by atoms with Crippen molar-refractivity contribution in [3.05, 3.63) is 58.7 Å². The molecule has 0 aliphatic carbocycles. The molecule has 2 aromatic carbocycles. The van der Waals surface area contributed by atoms with Gasteiger partial charge in [0.2, 0.25) is 0 Å². The molecule has 1 atom stereocenters. The Morgan fingerprint density at radius 3 is 2.43 bits per heavy atom. The zero-order valence-corrected chi connectivity index (χ0v) is 21.2. The fourth-order valence-corrected chi connectivity index (χ4v) is 4.22. The van der Waals surface area contributed by atoms with Gasteiger partial charge in [-0.15, -0.1) is 0 Å². The van der Waals surface area contributed by atoms with Crippen LogP contribution in [0.4, 0.5) is 0 Å². The lowest BCUT2D eigenvalue weighted by atomic mass is 9.94. The average molecular weight is 483 g/mol. The highest BCUT2D eigenvalue weighted by Crippen LogP contribution is 2.42. The number of rotatable bonds is 9. The van der Waals surface area contributed by atoms with Crippen LogP contribution >= 0.6 is 0 Å². The van der Waals surface area contributed by atoms with E-state index in [1.54, 1.807) is 30.3 Å². The van der Waals surface area contributed by atoms with E-state index < -0.39 is 17.7 Å². The van der Waals surface area contributed by atoms with Gasteiger partial charge in [-0.3, -0.25) is 9.59 Å². The maximum absolute atomic E-state index is 13.2. The second-order valence-electron chi connectivity index (χ2n) is 9.23. The summed E-state index contributed by atoms with van der Waals surface area (Å²) in [7, 11) is 5.30. The molecule has 35 heavy (non-hydrogen) atoms. The Bertz CT molecular complexity index is 1140. The monoisotopic (exact) mass is 482 g/mol. The molecule has 0 spiro atoms. The number of amides is 1. The Balaban J connectivity index is 2.12. The molecule has 1 saturated heterocycles. The lowest BCUT2D eigenvalue weighted by Gasteiger charge is -2.26. The number of hydrogen-bond acceptors (Lipinski definition) is 7. The van der Waals surface area contributed by atoms with Crippen molar-refractivity contribution in [1.29, 1.82) is 0 Å². The number of methoxy groups -OCH3 is 1. The number of nitrogens with zero attached hydrogens (tertiary/aromatic N) is 2. The number of phenolic OH excluding ortho intramolecular Hbond substituents is 1. The number of aromatic hydroxyl groups is 1. The van der Waals surface area contributed by atoms with Crippen molar-refractivity contribution in [2.75, 3.05) is 34.3 Å². The molecule has 1 heterocycles. The zero-order chi connectivity index (χ0) is 25.9. The number of carbonyl (C=O) groups is 2. The fourth-order valence-electron chi connectivity index (χ4n) is 4.22. The van der Waals surface area contributed by atoms with Crippen LogP contribution in [0.5, 0.6) is 17.2 Å². The third kappa shape index (κ3) is 5.59. The molecular weight excluding hydrogens is 448 g/mol. The van der Waals surface area contributed by atoms with Crippen LogP contribution in [0.2, 0.25) is 0 Å². The smallest absolute Gasteiger partial charge is 0.295 e. The van der Waals surface area contributed by atoms with Gasteiger partial charge in [-0.2, -0.15) is 0 Å². The van der Waals surface area contributed by atoms with E-state index in [-0.39, 0.29) is 28.9 Å². The SMILES string of the molecule is COc1cc(C2/C(=C(\O)c3ccc(OC(C)C)c(C)c3)C(=O)C(=O)N2CCCN(C)C)ccc1O. The van der Waals surface area contributed by atoms with E-state index in [1.807, 2.05) is 39.8 Å². The average Bonchev–Trinajstić information content (AvgIpc) is 3.05. The van der Waals surface area contributed by atoms with Crippen molar-refractivity contribution in [3.63, 3.8) is 0 Å². The lowest BCUT2D eigenvalue weighted by molar-refractivity contribution is -0.139. The minimum Gasteiger partial charge on any atom is -0.507 e. The van der Waals surface area contributed by atoms with Gasteiger partial charge in [-0.1, -0.05) is 6.07 Å². The van der Waals surface area contributed by atoms with Crippen molar-refractivity contribution in [2.45, 2.75) is 39.3 Å². The number of aliphatic hydroxyl groups excluding tert-OH is 1. The minimum absolute atomic E-state index is 0.00419. The minimum atomic E-state index is -0.821. The van der Waals surface area contributed by atoms with Crippen LogP contribution in [0.1, 0.15) is 43.0 Å². The first-order valence-corrected chi connectivity index (χ1v) is 11.6. The molecule has 0 bridgehead atoms. The fraction of sp³-hybridized carbons (Fsp3) is 0.407. The summed E-state index contributed by atoms with van der Waals surface area (Å²) in [5, 5.41) is 21.4. The largest absolute Gasteiger partial charge is 0.507 e. The van der Waals surface area contributed by atoms with E-state index in [0.717, 1.165) is 12.1 Å². The molecule has 1 unspecified atom stereocenters. The summed E-state index contributed by atoms with van der Waals surface area (Å²) in [6.07, 6.45) is 0.636. The van der Waals surface area contributed by atoms with Gasteiger partial charge in [0.25, 0.3) is 11.7 Å². The van der Waals surface area contributed by atoms with Crippen molar-refractivity contribution >= 4 is 17.4 Å². The maximum Gasteiger partial charge on any atom is 0.295 e. The van der Waals surface area contributed by atoms with Crippen LogP contribution in [-0.2, 0) is 9.59 Å². The van der Waals surface area contributed by atoms with Crippen LogP contribution in [0, 0.1) is 6.92 Å². The van der Waals surface area contributed by atoms with E-state index >= 15 is 0 Å². The second kappa shape index (κ2) is 10.8. The van der Waals surface area contributed by atoms with Crippen LogP contribution in [-0.4, -0.2) is 72.1 Å². The number of Topliss-reactive ketones (excluding diaryl/α,β-unsaturated/α-hetero) is 1. The number of likely N-dealkylation sites (tertiary alicyclic amines) is 1. The topological polar surface area (TPSA) is 99.5 Å². The van der Waals surface area contributed by atoms with Gasteiger partial charge in [0.1, 0.15) is 11.5 Å². The highest BCUT2D eigenvalue weighted by molar-refractivity contribution is 6.46. The number of carbonyl (C=O) groups excluding carboxylic acids is 2. The molecule has 8 nitrogen and oxygen atoms in total. The van der Waals surface area contributed by atoms with E-state index in [1.165, 1.54) is 18.1 Å². The number of ketones is 1. The summed E-state index contributed by atoms with van der Waals surface area (Å²) in [4.78, 5) is 29.8. The van der Waals surface area contributed by atoms with Gasteiger partial charge in [0, 0.05) is 12.1 Å². The summed E-state index contributed by atoms with van der Waals surface area (Å²) in [6, 6.07) is 9.01. The molecule has 8 heteroatoms. The summed E-state index contributed by atoms with van der Waals surface area (Å²) in [5.41, 5.74) is 1.78.